The Morgan fingerprint density at radius 1 is 1.25 bits per heavy atom. The van der Waals surface area contributed by atoms with Crippen molar-refractivity contribution in [2.45, 2.75) is 52.9 Å². The van der Waals surface area contributed by atoms with Crippen molar-refractivity contribution in [3.63, 3.8) is 0 Å². The molecule has 12 heavy (non-hydrogen) atoms. The molecule has 0 saturated heterocycles. The molecule has 0 bridgehead atoms. The van der Waals surface area contributed by atoms with Gasteiger partial charge >= 0.3 is 0 Å². The highest BCUT2D eigenvalue weighted by Gasteiger charge is 1.94. The molecule has 0 aliphatic carbocycles. The number of carbonyl (C=O) groups is 1. The summed E-state index contributed by atoms with van der Waals surface area (Å²) in [4.78, 5) is 11.0. The molecule has 70 valence electrons. The summed E-state index contributed by atoms with van der Waals surface area (Å²) in [5.41, 5.74) is 1.23. The molecule has 0 aliphatic rings. The summed E-state index contributed by atoms with van der Waals surface area (Å²) < 4.78 is 0. The third-order valence-corrected chi connectivity index (χ3v) is 1.93. The standard InChI is InChI=1S/C11H20O/c1-4-6-7-8-10(3)9-11(12)5-2/h9H,4-8H2,1-3H3/b10-9-. The molecule has 1 nitrogen and oxygen atoms in total. The topological polar surface area (TPSA) is 17.1 Å². The van der Waals surface area contributed by atoms with Gasteiger partial charge < -0.3 is 0 Å². The SMILES string of the molecule is CCCCC/C(C)=C\C(=O)CC. The van der Waals surface area contributed by atoms with Gasteiger partial charge in [-0.25, -0.2) is 0 Å². The molecule has 0 aliphatic heterocycles. The fraction of sp³-hybridized carbons (Fsp3) is 0.727. The van der Waals surface area contributed by atoms with Crippen molar-refractivity contribution in [1.29, 1.82) is 0 Å². The molecule has 0 amide bonds. The number of unbranched alkanes of at least 4 members (excludes halogenated alkanes) is 2. The van der Waals surface area contributed by atoms with E-state index >= 15 is 0 Å². The molecular weight excluding hydrogens is 148 g/mol. The number of allylic oxidation sites excluding steroid dienone is 2. The van der Waals surface area contributed by atoms with Gasteiger partial charge in [0, 0.05) is 6.42 Å². The van der Waals surface area contributed by atoms with Crippen molar-refractivity contribution in [3.8, 4) is 0 Å². The number of rotatable bonds is 6. The first-order valence-corrected chi connectivity index (χ1v) is 4.90. The molecule has 0 spiro atoms. The van der Waals surface area contributed by atoms with Gasteiger partial charge in [0.15, 0.2) is 5.78 Å². The average Bonchev–Trinajstić information content (AvgIpc) is 2.05. The van der Waals surface area contributed by atoms with Crippen LogP contribution < -0.4 is 0 Å². The Hall–Kier alpha value is -0.590. The van der Waals surface area contributed by atoms with Crippen LogP contribution in [-0.4, -0.2) is 5.78 Å². The molecule has 0 saturated carbocycles. The van der Waals surface area contributed by atoms with Crippen molar-refractivity contribution < 1.29 is 4.79 Å². The van der Waals surface area contributed by atoms with Gasteiger partial charge in [0.2, 0.25) is 0 Å². The maximum absolute atomic E-state index is 11.0. The number of carbonyl (C=O) groups excluding carboxylic acids is 1. The zero-order chi connectivity index (χ0) is 9.40. The third-order valence-electron chi connectivity index (χ3n) is 1.93. The maximum atomic E-state index is 11.0. The lowest BCUT2D eigenvalue weighted by molar-refractivity contribution is -0.114. The highest BCUT2D eigenvalue weighted by molar-refractivity contribution is 5.89. The van der Waals surface area contributed by atoms with Crippen molar-refractivity contribution in [3.05, 3.63) is 11.6 Å². The summed E-state index contributed by atoms with van der Waals surface area (Å²) in [6.45, 7) is 6.14. The van der Waals surface area contributed by atoms with Crippen molar-refractivity contribution in [1.82, 2.24) is 0 Å². The van der Waals surface area contributed by atoms with Gasteiger partial charge in [0.25, 0.3) is 0 Å². The lowest BCUT2D eigenvalue weighted by atomic mass is 10.1. The zero-order valence-electron chi connectivity index (χ0n) is 8.52. The number of ketones is 1. The first-order chi connectivity index (χ1) is 5.70. The summed E-state index contributed by atoms with van der Waals surface area (Å²) in [6, 6.07) is 0. The monoisotopic (exact) mass is 168 g/mol. The molecule has 0 fully saturated rings. The van der Waals surface area contributed by atoms with Gasteiger partial charge in [-0.1, -0.05) is 32.3 Å². The highest BCUT2D eigenvalue weighted by Crippen LogP contribution is 2.08. The van der Waals surface area contributed by atoms with E-state index in [0.717, 1.165) is 6.42 Å². The first-order valence-electron chi connectivity index (χ1n) is 4.90. The molecular formula is C11H20O. The van der Waals surface area contributed by atoms with Crippen LogP contribution in [-0.2, 0) is 4.79 Å². The van der Waals surface area contributed by atoms with Crippen molar-refractivity contribution >= 4 is 5.78 Å². The highest BCUT2D eigenvalue weighted by atomic mass is 16.1. The van der Waals surface area contributed by atoms with E-state index in [1.807, 2.05) is 13.8 Å². The van der Waals surface area contributed by atoms with Crippen LogP contribution >= 0.6 is 0 Å². The minimum absolute atomic E-state index is 0.254. The summed E-state index contributed by atoms with van der Waals surface area (Å²) in [6.07, 6.45) is 7.23. The molecule has 0 atom stereocenters. The second kappa shape index (κ2) is 7.08. The third kappa shape index (κ3) is 6.14. The lowest BCUT2D eigenvalue weighted by Gasteiger charge is -1.98. The molecule has 0 aromatic carbocycles. The van der Waals surface area contributed by atoms with E-state index in [1.165, 1.54) is 24.8 Å². The van der Waals surface area contributed by atoms with Crippen LogP contribution in [0.4, 0.5) is 0 Å². The summed E-state index contributed by atoms with van der Waals surface area (Å²) in [5, 5.41) is 0. The second-order valence-corrected chi connectivity index (χ2v) is 3.27. The van der Waals surface area contributed by atoms with E-state index in [2.05, 4.69) is 6.92 Å². The van der Waals surface area contributed by atoms with Gasteiger partial charge in [-0.15, -0.1) is 0 Å². The molecule has 0 radical (unpaired) electrons. The molecule has 0 heterocycles. The fourth-order valence-electron chi connectivity index (χ4n) is 1.10. The maximum Gasteiger partial charge on any atom is 0.155 e. The van der Waals surface area contributed by atoms with Gasteiger partial charge in [0.05, 0.1) is 0 Å². The number of hydrogen-bond donors (Lipinski definition) is 0. The molecule has 0 aromatic rings. The smallest absolute Gasteiger partial charge is 0.155 e. The van der Waals surface area contributed by atoms with Gasteiger partial charge in [-0.05, 0) is 25.8 Å². The van der Waals surface area contributed by atoms with Crippen molar-refractivity contribution in [2.24, 2.45) is 0 Å². The normalized spacial score (nSPS) is 11.8. The second-order valence-electron chi connectivity index (χ2n) is 3.27. The zero-order valence-corrected chi connectivity index (χ0v) is 8.52. The van der Waals surface area contributed by atoms with Crippen LogP contribution in [0.15, 0.2) is 11.6 Å². The first kappa shape index (κ1) is 11.4. The van der Waals surface area contributed by atoms with E-state index in [9.17, 15) is 4.79 Å². The van der Waals surface area contributed by atoms with Crippen LogP contribution in [0, 0.1) is 0 Å². The van der Waals surface area contributed by atoms with Crippen LogP contribution in [0.2, 0.25) is 0 Å². The molecule has 0 N–H and O–H groups in total. The Balaban J connectivity index is 3.62. The lowest BCUT2D eigenvalue weighted by Crippen LogP contribution is -1.90. The molecule has 0 aromatic heterocycles. The van der Waals surface area contributed by atoms with Gasteiger partial charge in [-0.2, -0.15) is 0 Å². The number of hydrogen-bond acceptors (Lipinski definition) is 1. The van der Waals surface area contributed by atoms with Crippen LogP contribution in [0.3, 0.4) is 0 Å². The predicted octanol–water partition coefficient (Wildman–Crippen LogP) is 3.49. The minimum Gasteiger partial charge on any atom is -0.295 e. The Bertz CT molecular complexity index is 156. The van der Waals surface area contributed by atoms with Gasteiger partial charge in [-0.3, -0.25) is 4.79 Å². The molecule has 1 heteroatoms. The van der Waals surface area contributed by atoms with E-state index < -0.39 is 0 Å². The van der Waals surface area contributed by atoms with Crippen LogP contribution in [0.5, 0.6) is 0 Å². The summed E-state index contributed by atoms with van der Waals surface area (Å²) >= 11 is 0. The van der Waals surface area contributed by atoms with Crippen LogP contribution in [0.1, 0.15) is 52.9 Å². The van der Waals surface area contributed by atoms with Crippen molar-refractivity contribution in [2.75, 3.05) is 0 Å². The Labute approximate surface area is 75.9 Å². The Kier molecular flexibility index (Phi) is 6.73. The quantitative estimate of drug-likeness (QED) is 0.438. The summed E-state index contributed by atoms with van der Waals surface area (Å²) in [7, 11) is 0. The van der Waals surface area contributed by atoms with E-state index in [0.29, 0.717) is 6.42 Å². The largest absolute Gasteiger partial charge is 0.295 e. The average molecular weight is 168 g/mol. The Morgan fingerprint density at radius 2 is 1.92 bits per heavy atom. The van der Waals surface area contributed by atoms with E-state index in [1.54, 1.807) is 6.08 Å². The van der Waals surface area contributed by atoms with E-state index in [4.69, 9.17) is 0 Å². The minimum atomic E-state index is 0.254. The molecule has 0 unspecified atom stereocenters. The summed E-state index contributed by atoms with van der Waals surface area (Å²) in [5.74, 6) is 0.254. The van der Waals surface area contributed by atoms with Crippen LogP contribution in [0.25, 0.3) is 0 Å². The van der Waals surface area contributed by atoms with E-state index in [-0.39, 0.29) is 5.78 Å². The Morgan fingerprint density at radius 3 is 2.42 bits per heavy atom. The fourth-order valence-corrected chi connectivity index (χ4v) is 1.10. The van der Waals surface area contributed by atoms with Gasteiger partial charge in [0.1, 0.15) is 0 Å². The predicted molar refractivity (Wildman–Crippen MR) is 53.2 cm³/mol. The molecule has 0 rings (SSSR count).